The minimum absolute atomic E-state index is 0. The molecule has 0 aromatic heterocycles. The molecular weight excluding hydrogens is 187 g/mol. The van der Waals surface area contributed by atoms with E-state index in [0.29, 0.717) is 6.61 Å². The van der Waals surface area contributed by atoms with E-state index >= 15 is 0 Å². The molecule has 0 heterocycles. The van der Waals surface area contributed by atoms with Crippen LogP contribution in [0, 0.1) is 0 Å². The van der Waals surface area contributed by atoms with Gasteiger partial charge in [0.15, 0.2) is 0 Å². The predicted octanol–water partition coefficient (Wildman–Crippen LogP) is -2.15. The number of rotatable bonds is 4. The Hall–Kier alpha value is -1.17. The number of aliphatic carboxylic acids is 1. The summed E-state index contributed by atoms with van der Waals surface area (Å²) in [6.07, 6.45) is 2.47. The van der Waals surface area contributed by atoms with Gasteiger partial charge in [-0.2, -0.15) is 0 Å². The largest absolute Gasteiger partial charge is 1.00 e. The van der Waals surface area contributed by atoms with Crippen molar-refractivity contribution >= 4 is 12.0 Å². The Kier molecular flexibility index (Phi) is 6.60. The normalized spacial score (nSPS) is 9.67. The molecule has 0 N–H and O–H groups in total. The second-order valence-electron chi connectivity index (χ2n) is 2.65. The standard InChI is InChI=1S/C11H12O3.Li/c1-2-14-10-6-3-9(4-7-10)5-8-11(12)13;/h3-8H,2H2,1H3,(H,12,13);/q;+1/p-1/b8-5+;. The van der Waals surface area contributed by atoms with E-state index in [2.05, 4.69) is 0 Å². The molecule has 0 atom stereocenters. The van der Waals surface area contributed by atoms with Crippen LogP contribution in [0.1, 0.15) is 12.5 Å². The quantitative estimate of drug-likeness (QED) is 0.409. The van der Waals surface area contributed by atoms with E-state index in [0.717, 1.165) is 17.4 Å². The third-order valence-electron chi connectivity index (χ3n) is 1.60. The summed E-state index contributed by atoms with van der Waals surface area (Å²) in [7, 11) is 0. The van der Waals surface area contributed by atoms with Gasteiger partial charge >= 0.3 is 18.9 Å². The van der Waals surface area contributed by atoms with Crippen LogP contribution < -0.4 is 28.7 Å². The van der Waals surface area contributed by atoms with Gasteiger partial charge in [-0.1, -0.05) is 18.2 Å². The monoisotopic (exact) mass is 198 g/mol. The number of hydrogen-bond acceptors (Lipinski definition) is 3. The van der Waals surface area contributed by atoms with Crippen LogP contribution in [0.25, 0.3) is 6.08 Å². The molecule has 0 amide bonds. The van der Waals surface area contributed by atoms with Crippen molar-refractivity contribution in [3.05, 3.63) is 35.9 Å². The van der Waals surface area contributed by atoms with E-state index in [1.807, 2.05) is 6.92 Å². The summed E-state index contributed by atoms with van der Waals surface area (Å²) in [6, 6.07) is 7.14. The first-order valence-electron chi connectivity index (χ1n) is 4.34. The molecule has 4 heteroatoms. The summed E-state index contributed by atoms with van der Waals surface area (Å²) in [5, 5.41) is 10.1. The van der Waals surface area contributed by atoms with Gasteiger partial charge in [0, 0.05) is 0 Å². The average Bonchev–Trinajstić information content (AvgIpc) is 2.17. The van der Waals surface area contributed by atoms with Crippen LogP contribution in [0.2, 0.25) is 0 Å². The van der Waals surface area contributed by atoms with Gasteiger partial charge in [-0.25, -0.2) is 0 Å². The molecule has 1 aromatic carbocycles. The third kappa shape index (κ3) is 5.31. The molecule has 0 radical (unpaired) electrons. The van der Waals surface area contributed by atoms with Crippen LogP contribution >= 0.6 is 0 Å². The first kappa shape index (κ1) is 13.8. The summed E-state index contributed by atoms with van der Waals surface area (Å²) in [4.78, 5) is 10.1. The summed E-state index contributed by atoms with van der Waals surface area (Å²) >= 11 is 0. The maximum atomic E-state index is 10.1. The Balaban J connectivity index is 0.00000196. The van der Waals surface area contributed by atoms with E-state index in [1.165, 1.54) is 6.08 Å². The van der Waals surface area contributed by atoms with Gasteiger partial charge in [0.1, 0.15) is 5.75 Å². The molecule has 74 valence electrons. The zero-order chi connectivity index (χ0) is 10.4. The number of carbonyl (C=O) groups excluding carboxylic acids is 1. The molecule has 0 fully saturated rings. The van der Waals surface area contributed by atoms with Crippen LogP contribution in [0.3, 0.4) is 0 Å². The second-order valence-corrected chi connectivity index (χ2v) is 2.65. The zero-order valence-electron chi connectivity index (χ0n) is 8.90. The fraction of sp³-hybridized carbons (Fsp3) is 0.182. The van der Waals surface area contributed by atoms with Crippen molar-refractivity contribution in [1.82, 2.24) is 0 Å². The van der Waals surface area contributed by atoms with Gasteiger partial charge in [-0.05, 0) is 30.7 Å². The average molecular weight is 198 g/mol. The molecule has 0 saturated carbocycles. The number of carbonyl (C=O) groups is 1. The van der Waals surface area contributed by atoms with Gasteiger partial charge in [0.05, 0.1) is 12.6 Å². The number of ether oxygens (including phenoxy) is 1. The molecule has 0 aliphatic rings. The van der Waals surface area contributed by atoms with Gasteiger partial charge in [-0.3, -0.25) is 0 Å². The fourth-order valence-corrected chi connectivity index (χ4v) is 1.01. The number of carboxylic acids is 1. The van der Waals surface area contributed by atoms with E-state index in [1.54, 1.807) is 24.3 Å². The maximum absolute atomic E-state index is 10.1. The molecule has 1 aromatic rings. The molecule has 0 bridgehead atoms. The van der Waals surface area contributed by atoms with Crippen LogP contribution in [0.4, 0.5) is 0 Å². The molecule has 3 nitrogen and oxygen atoms in total. The van der Waals surface area contributed by atoms with Crippen molar-refractivity contribution in [2.75, 3.05) is 6.61 Å². The number of hydrogen-bond donors (Lipinski definition) is 0. The topological polar surface area (TPSA) is 49.4 Å². The van der Waals surface area contributed by atoms with Crippen molar-refractivity contribution < 1.29 is 33.5 Å². The van der Waals surface area contributed by atoms with Gasteiger partial charge < -0.3 is 14.6 Å². The first-order chi connectivity index (χ1) is 6.72. The number of carboxylic acid groups (broad SMARTS) is 1. The molecule has 0 spiro atoms. The fourth-order valence-electron chi connectivity index (χ4n) is 1.01. The Morgan fingerprint density at radius 1 is 1.40 bits per heavy atom. The van der Waals surface area contributed by atoms with Crippen LogP contribution in [-0.2, 0) is 4.79 Å². The van der Waals surface area contributed by atoms with Gasteiger partial charge in [0.2, 0.25) is 0 Å². The van der Waals surface area contributed by atoms with Crippen molar-refractivity contribution in [3.8, 4) is 5.75 Å². The summed E-state index contributed by atoms with van der Waals surface area (Å²) in [6.45, 7) is 2.53. The smallest absolute Gasteiger partial charge is 0.545 e. The Morgan fingerprint density at radius 3 is 2.47 bits per heavy atom. The Bertz CT molecular complexity index is 330. The maximum Gasteiger partial charge on any atom is 1.00 e. The van der Waals surface area contributed by atoms with Crippen molar-refractivity contribution in [1.29, 1.82) is 0 Å². The summed E-state index contributed by atoms with van der Waals surface area (Å²) in [5.41, 5.74) is 0.803. The molecule has 1 rings (SSSR count). The number of benzene rings is 1. The second kappa shape index (κ2) is 7.16. The third-order valence-corrected chi connectivity index (χ3v) is 1.60. The Labute approximate surface area is 101 Å². The van der Waals surface area contributed by atoms with Crippen LogP contribution in [0.5, 0.6) is 5.75 Å². The van der Waals surface area contributed by atoms with E-state index in [-0.39, 0.29) is 18.9 Å². The van der Waals surface area contributed by atoms with Crippen LogP contribution in [0.15, 0.2) is 30.3 Å². The van der Waals surface area contributed by atoms with Gasteiger partial charge in [-0.15, -0.1) is 0 Å². The van der Waals surface area contributed by atoms with Crippen molar-refractivity contribution in [2.24, 2.45) is 0 Å². The van der Waals surface area contributed by atoms with E-state index < -0.39 is 5.97 Å². The molecule has 15 heavy (non-hydrogen) atoms. The summed E-state index contributed by atoms with van der Waals surface area (Å²) < 4.78 is 5.23. The van der Waals surface area contributed by atoms with Crippen molar-refractivity contribution in [2.45, 2.75) is 6.92 Å². The van der Waals surface area contributed by atoms with Gasteiger partial charge in [0.25, 0.3) is 0 Å². The minimum atomic E-state index is -1.20. The van der Waals surface area contributed by atoms with E-state index in [4.69, 9.17) is 4.74 Å². The summed E-state index contributed by atoms with van der Waals surface area (Å²) in [5.74, 6) is -0.419. The van der Waals surface area contributed by atoms with E-state index in [9.17, 15) is 9.90 Å². The van der Waals surface area contributed by atoms with Crippen molar-refractivity contribution in [3.63, 3.8) is 0 Å². The first-order valence-corrected chi connectivity index (χ1v) is 4.34. The molecule has 0 aliphatic heterocycles. The molecule has 0 aliphatic carbocycles. The zero-order valence-corrected chi connectivity index (χ0v) is 8.90. The Morgan fingerprint density at radius 2 is 2.00 bits per heavy atom. The predicted molar refractivity (Wildman–Crippen MR) is 51.7 cm³/mol. The van der Waals surface area contributed by atoms with Crippen LogP contribution in [-0.4, -0.2) is 12.6 Å². The minimum Gasteiger partial charge on any atom is -0.545 e. The molecule has 0 unspecified atom stereocenters. The SMILES string of the molecule is CCOc1ccc(/C=C/C(=O)[O-])cc1.[Li+]. The molecular formula is C11H11LiO3. The molecule has 0 saturated heterocycles.